The zero-order valence-electron chi connectivity index (χ0n) is 12.0. The molecule has 2 aliphatic rings. The van der Waals surface area contributed by atoms with Crippen LogP contribution in [-0.2, 0) is 9.53 Å². The molecule has 4 heteroatoms. The first-order valence-corrected chi connectivity index (χ1v) is 7.76. The highest BCUT2D eigenvalue weighted by molar-refractivity contribution is 5.69. The lowest BCUT2D eigenvalue weighted by molar-refractivity contribution is -0.143. The summed E-state index contributed by atoms with van der Waals surface area (Å²) in [6.45, 7) is 5.45. The molecule has 1 heterocycles. The Kier molecular flexibility index (Phi) is 5.64. The Morgan fingerprint density at radius 3 is 2.58 bits per heavy atom. The predicted octanol–water partition coefficient (Wildman–Crippen LogP) is 1.81. The SMILES string of the molecule is CCOC(=O)CCCCN1C[C@@H]2CCC[C@@H](C1)C2O. The van der Waals surface area contributed by atoms with Crippen LogP contribution in [0.4, 0.5) is 0 Å². The maximum absolute atomic E-state index is 11.2. The zero-order chi connectivity index (χ0) is 13.7. The number of carbonyl (C=O) groups is 1. The van der Waals surface area contributed by atoms with Crippen molar-refractivity contribution >= 4 is 5.97 Å². The van der Waals surface area contributed by atoms with E-state index >= 15 is 0 Å². The van der Waals surface area contributed by atoms with Crippen LogP contribution in [0, 0.1) is 11.8 Å². The molecule has 0 radical (unpaired) electrons. The van der Waals surface area contributed by atoms with Crippen molar-refractivity contribution in [1.29, 1.82) is 0 Å². The van der Waals surface area contributed by atoms with E-state index in [2.05, 4.69) is 4.90 Å². The van der Waals surface area contributed by atoms with Gasteiger partial charge in [-0.15, -0.1) is 0 Å². The molecule has 0 spiro atoms. The number of rotatable bonds is 6. The lowest BCUT2D eigenvalue weighted by Gasteiger charge is -2.45. The predicted molar refractivity (Wildman–Crippen MR) is 73.8 cm³/mol. The van der Waals surface area contributed by atoms with Gasteiger partial charge in [-0.25, -0.2) is 0 Å². The average molecular weight is 269 g/mol. The molecule has 1 aliphatic heterocycles. The molecule has 1 saturated heterocycles. The molecule has 0 aromatic heterocycles. The second kappa shape index (κ2) is 7.25. The number of aliphatic hydroxyl groups is 1. The Bertz CT molecular complexity index is 281. The summed E-state index contributed by atoms with van der Waals surface area (Å²) in [6.07, 6.45) is 6.07. The Balaban J connectivity index is 1.63. The first-order chi connectivity index (χ1) is 9.20. The van der Waals surface area contributed by atoms with Crippen molar-refractivity contribution in [3.63, 3.8) is 0 Å². The molecule has 0 amide bonds. The van der Waals surface area contributed by atoms with Crippen LogP contribution < -0.4 is 0 Å². The topological polar surface area (TPSA) is 49.8 Å². The number of nitrogens with zero attached hydrogens (tertiary/aromatic N) is 1. The number of aliphatic hydroxyl groups excluding tert-OH is 1. The van der Waals surface area contributed by atoms with Gasteiger partial charge in [-0.1, -0.05) is 6.42 Å². The van der Waals surface area contributed by atoms with Crippen molar-refractivity contribution in [1.82, 2.24) is 4.90 Å². The fourth-order valence-corrected chi connectivity index (χ4v) is 3.53. The van der Waals surface area contributed by atoms with Gasteiger partial charge in [0.2, 0.25) is 0 Å². The van der Waals surface area contributed by atoms with Crippen molar-refractivity contribution in [2.24, 2.45) is 11.8 Å². The maximum atomic E-state index is 11.2. The van der Waals surface area contributed by atoms with Gasteiger partial charge in [-0.05, 0) is 51.0 Å². The lowest BCUT2D eigenvalue weighted by Crippen LogP contribution is -2.51. The van der Waals surface area contributed by atoms with E-state index in [0.29, 0.717) is 24.9 Å². The van der Waals surface area contributed by atoms with E-state index in [0.717, 1.165) is 32.5 Å². The molecule has 4 nitrogen and oxygen atoms in total. The smallest absolute Gasteiger partial charge is 0.305 e. The molecule has 2 bridgehead atoms. The van der Waals surface area contributed by atoms with Crippen molar-refractivity contribution in [2.75, 3.05) is 26.2 Å². The van der Waals surface area contributed by atoms with E-state index in [9.17, 15) is 9.90 Å². The summed E-state index contributed by atoms with van der Waals surface area (Å²) in [5, 5.41) is 10.1. The number of fused-ring (bicyclic) bond motifs is 2. The van der Waals surface area contributed by atoms with Gasteiger partial charge >= 0.3 is 5.97 Å². The van der Waals surface area contributed by atoms with Gasteiger partial charge in [-0.3, -0.25) is 4.79 Å². The summed E-state index contributed by atoms with van der Waals surface area (Å²) in [4.78, 5) is 13.7. The van der Waals surface area contributed by atoms with Crippen molar-refractivity contribution in [3.8, 4) is 0 Å². The first kappa shape index (κ1) is 14.8. The summed E-state index contributed by atoms with van der Waals surface area (Å²) >= 11 is 0. The minimum absolute atomic E-state index is 0.0652. The highest BCUT2D eigenvalue weighted by Crippen LogP contribution is 2.34. The van der Waals surface area contributed by atoms with E-state index in [1.54, 1.807) is 0 Å². The largest absolute Gasteiger partial charge is 0.466 e. The molecule has 2 atom stereocenters. The third kappa shape index (κ3) is 4.18. The van der Waals surface area contributed by atoms with Gasteiger partial charge in [-0.2, -0.15) is 0 Å². The van der Waals surface area contributed by atoms with Gasteiger partial charge in [0.1, 0.15) is 0 Å². The van der Waals surface area contributed by atoms with E-state index in [1.807, 2.05) is 6.92 Å². The number of piperidine rings is 1. The number of ether oxygens (including phenoxy) is 1. The molecular formula is C15H27NO3. The summed E-state index contributed by atoms with van der Waals surface area (Å²) in [6, 6.07) is 0. The quantitative estimate of drug-likeness (QED) is 0.590. The van der Waals surface area contributed by atoms with Crippen LogP contribution in [0.3, 0.4) is 0 Å². The summed E-state index contributed by atoms with van der Waals surface area (Å²) in [7, 11) is 0. The molecule has 0 aromatic carbocycles. The molecule has 2 rings (SSSR count). The summed E-state index contributed by atoms with van der Waals surface area (Å²) in [5.41, 5.74) is 0. The second-order valence-electron chi connectivity index (χ2n) is 5.96. The Morgan fingerprint density at radius 1 is 1.26 bits per heavy atom. The van der Waals surface area contributed by atoms with Crippen LogP contribution in [0.15, 0.2) is 0 Å². The van der Waals surface area contributed by atoms with Crippen LogP contribution in [0.1, 0.15) is 45.4 Å². The van der Waals surface area contributed by atoms with Gasteiger partial charge in [0.25, 0.3) is 0 Å². The standard InChI is InChI=1S/C15H27NO3/c1-2-19-14(17)8-3-4-9-16-10-12-6-5-7-13(11-16)15(12)18/h12-13,15,18H,2-11H2,1H3/t12-,13-/m0/s1. The van der Waals surface area contributed by atoms with Crippen molar-refractivity contribution in [2.45, 2.75) is 51.6 Å². The molecule has 1 aliphatic carbocycles. The Hall–Kier alpha value is -0.610. The third-order valence-electron chi connectivity index (χ3n) is 4.51. The molecule has 1 saturated carbocycles. The Labute approximate surface area is 116 Å². The van der Waals surface area contributed by atoms with Gasteiger partial charge < -0.3 is 14.7 Å². The highest BCUT2D eigenvalue weighted by Gasteiger charge is 2.37. The number of esters is 1. The minimum atomic E-state index is -0.0755. The fraction of sp³-hybridized carbons (Fsp3) is 0.933. The van der Waals surface area contributed by atoms with Crippen molar-refractivity contribution < 1.29 is 14.6 Å². The number of carbonyl (C=O) groups excluding carboxylic acids is 1. The summed E-state index contributed by atoms with van der Waals surface area (Å²) < 4.78 is 4.92. The molecule has 2 fully saturated rings. The highest BCUT2D eigenvalue weighted by atomic mass is 16.5. The van der Waals surface area contributed by atoms with E-state index in [-0.39, 0.29) is 12.1 Å². The number of hydrogen-bond donors (Lipinski definition) is 1. The van der Waals surface area contributed by atoms with Crippen LogP contribution in [-0.4, -0.2) is 48.3 Å². The first-order valence-electron chi connectivity index (χ1n) is 7.76. The number of likely N-dealkylation sites (tertiary alicyclic amines) is 1. The van der Waals surface area contributed by atoms with Crippen LogP contribution in [0.2, 0.25) is 0 Å². The minimum Gasteiger partial charge on any atom is -0.466 e. The van der Waals surface area contributed by atoms with Crippen molar-refractivity contribution in [3.05, 3.63) is 0 Å². The fourth-order valence-electron chi connectivity index (χ4n) is 3.53. The second-order valence-corrected chi connectivity index (χ2v) is 5.96. The molecule has 0 unspecified atom stereocenters. The number of hydrogen-bond acceptors (Lipinski definition) is 4. The average Bonchev–Trinajstić information content (AvgIpc) is 2.36. The molecule has 0 aromatic rings. The van der Waals surface area contributed by atoms with E-state index in [4.69, 9.17) is 4.74 Å². The molecule has 19 heavy (non-hydrogen) atoms. The normalized spacial score (nSPS) is 31.2. The molecule has 110 valence electrons. The lowest BCUT2D eigenvalue weighted by atomic mass is 9.75. The van der Waals surface area contributed by atoms with Crippen LogP contribution in [0.25, 0.3) is 0 Å². The van der Waals surface area contributed by atoms with E-state index < -0.39 is 0 Å². The maximum Gasteiger partial charge on any atom is 0.305 e. The number of unbranched alkanes of at least 4 members (excludes halogenated alkanes) is 1. The summed E-state index contributed by atoms with van der Waals surface area (Å²) in [5.74, 6) is 0.892. The zero-order valence-corrected chi connectivity index (χ0v) is 12.0. The van der Waals surface area contributed by atoms with Gasteiger partial charge in [0.15, 0.2) is 0 Å². The Morgan fingerprint density at radius 2 is 1.95 bits per heavy atom. The van der Waals surface area contributed by atoms with Gasteiger partial charge in [0, 0.05) is 19.5 Å². The van der Waals surface area contributed by atoms with Crippen LogP contribution in [0.5, 0.6) is 0 Å². The van der Waals surface area contributed by atoms with E-state index in [1.165, 1.54) is 19.3 Å². The molecule has 1 N–H and O–H groups in total. The molecular weight excluding hydrogens is 242 g/mol. The van der Waals surface area contributed by atoms with Crippen LogP contribution >= 0.6 is 0 Å². The third-order valence-corrected chi connectivity index (χ3v) is 4.51. The monoisotopic (exact) mass is 269 g/mol. The van der Waals surface area contributed by atoms with Gasteiger partial charge in [0.05, 0.1) is 12.7 Å².